The number of halogens is 1. The molecule has 0 amide bonds. The third kappa shape index (κ3) is 6.16. The quantitative estimate of drug-likeness (QED) is 0.320. The van der Waals surface area contributed by atoms with E-state index < -0.39 is 10.0 Å². The maximum atomic E-state index is 11.7. The van der Waals surface area contributed by atoms with Crippen LogP contribution in [0.25, 0.3) is 0 Å². The minimum atomic E-state index is -3.03. The summed E-state index contributed by atoms with van der Waals surface area (Å²) in [4.78, 5) is 5.31. The van der Waals surface area contributed by atoms with Crippen molar-refractivity contribution in [2.75, 3.05) is 44.7 Å². The average Bonchev–Trinajstić information content (AvgIpc) is 2.90. The van der Waals surface area contributed by atoms with E-state index in [-0.39, 0.29) is 5.75 Å². The molecule has 0 bridgehead atoms. The van der Waals surface area contributed by atoms with Gasteiger partial charge in [-0.3, -0.25) is 4.99 Å². The van der Waals surface area contributed by atoms with Crippen LogP contribution in [-0.2, 0) is 10.0 Å². The number of rotatable bonds is 7. The molecule has 0 unspecified atom stereocenters. The van der Waals surface area contributed by atoms with Gasteiger partial charge in [0.2, 0.25) is 10.0 Å². The second-order valence-electron chi connectivity index (χ2n) is 5.30. The zero-order valence-corrected chi connectivity index (χ0v) is 16.1. The number of guanidine groups is 1. The first kappa shape index (κ1) is 19.4. The number of sulfonamides is 1. The Balaban J connectivity index is 1.63. The topological polar surface area (TPSA) is 73.8 Å². The number of hydrogen-bond acceptors (Lipinski definition) is 4. The van der Waals surface area contributed by atoms with Crippen molar-refractivity contribution in [2.45, 2.75) is 11.3 Å². The molecule has 0 spiro atoms. The Labute approximate surface area is 153 Å². The molecule has 1 heterocycles. The third-order valence-corrected chi connectivity index (χ3v) is 6.78. The van der Waals surface area contributed by atoms with Crippen LogP contribution < -0.4 is 10.6 Å². The summed E-state index contributed by atoms with van der Waals surface area (Å²) in [5.74, 6) is 1.84. The molecular formula is C15H23ClN4O2S2. The van der Waals surface area contributed by atoms with Crippen molar-refractivity contribution in [3.8, 4) is 0 Å². The molecular weight excluding hydrogens is 368 g/mol. The van der Waals surface area contributed by atoms with Crippen LogP contribution >= 0.6 is 23.4 Å². The van der Waals surface area contributed by atoms with E-state index in [1.54, 1.807) is 18.8 Å². The largest absolute Gasteiger partial charge is 0.356 e. The van der Waals surface area contributed by atoms with Crippen LogP contribution in [0.15, 0.2) is 34.2 Å². The molecule has 2 N–H and O–H groups in total. The first-order chi connectivity index (χ1) is 11.5. The monoisotopic (exact) mass is 390 g/mol. The number of aliphatic imine (C=N–C) groups is 1. The molecule has 6 nitrogen and oxygen atoms in total. The Morgan fingerprint density at radius 2 is 2.00 bits per heavy atom. The summed E-state index contributed by atoms with van der Waals surface area (Å²) >= 11 is 7.59. The summed E-state index contributed by atoms with van der Waals surface area (Å²) in [6.45, 7) is 2.40. The standard InChI is InChI=1S/C15H23ClN4O2S2/c1-17-15(18-7-10-20-9-2-12-24(20,21)22)19-8-11-23-14-5-3-13(16)4-6-14/h3-6H,2,7-12H2,1H3,(H2,17,18,19). The van der Waals surface area contributed by atoms with Crippen molar-refractivity contribution in [1.82, 2.24) is 14.9 Å². The molecule has 1 fully saturated rings. The lowest BCUT2D eigenvalue weighted by Gasteiger charge is -2.16. The molecule has 1 aromatic rings. The van der Waals surface area contributed by atoms with Crippen molar-refractivity contribution < 1.29 is 8.42 Å². The van der Waals surface area contributed by atoms with Crippen molar-refractivity contribution >= 4 is 39.3 Å². The highest BCUT2D eigenvalue weighted by molar-refractivity contribution is 7.99. The van der Waals surface area contributed by atoms with Gasteiger partial charge < -0.3 is 10.6 Å². The van der Waals surface area contributed by atoms with Crippen LogP contribution in [0.1, 0.15) is 6.42 Å². The molecule has 1 aliphatic rings. The Morgan fingerprint density at radius 3 is 2.62 bits per heavy atom. The van der Waals surface area contributed by atoms with Gasteiger partial charge in [-0.1, -0.05) is 11.6 Å². The van der Waals surface area contributed by atoms with Crippen LogP contribution in [0.3, 0.4) is 0 Å². The fourth-order valence-corrected chi connectivity index (χ4v) is 4.75. The Kier molecular flexibility index (Phi) is 7.67. The summed E-state index contributed by atoms with van der Waals surface area (Å²) in [7, 11) is -1.32. The van der Waals surface area contributed by atoms with Crippen LogP contribution in [0.5, 0.6) is 0 Å². The zero-order valence-electron chi connectivity index (χ0n) is 13.7. The molecule has 9 heteroatoms. The molecule has 0 radical (unpaired) electrons. The van der Waals surface area contributed by atoms with Gasteiger partial charge in [-0.25, -0.2) is 12.7 Å². The molecule has 24 heavy (non-hydrogen) atoms. The Hall–Kier alpha value is -0.960. The Morgan fingerprint density at radius 1 is 1.29 bits per heavy atom. The lowest BCUT2D eigenvalue weighted by Crippen LogP contribution is -2.42. The number of nitrogens with one attached hydrogen (secondary N) is 2. The van der Waals surface area contributed by atoms with E-state index in [9.17, 15) is 8.42 Å². The predicted molar refractivity (Wildman–Crippen MR) is 102 cm³/mol. The van der Waals surface area contributed by atoms with Crippen LogP contribution in [0.2, 0.25) is 5.02 Å². The molecule has 0 aromatic heterocycles. The smallest absolute Gasteiger partial charge is 0.214 e. The number of thioether (sulfide) groups is 1. The lowest BCUT2D eigenvalue weighted by molar-refractivity contribution is 0.445. The van der Waals surface area contributed by atoms with Gasteiger partial charge in [0.1, 0.15) is 0 Å². The predicted octanol–water partition coefficient (Wildman–Crippen LogP) is 1.63. The third-order valence-electron chi connectivity index (χ3n) is 3.56. The zero-order chi connectivity index (χ0) is 17.4. The van der Waals surface area contributed by atoms with E-state index in [0.717, 1.165) is 23.7 Å². The van der Waals surface area contributed by atoms with Crippen molar-refractivity contribution in [1.29, 1.82) is 0 Å². The van der Waals surface area contributed by atoms with Crippen LogP contribution in [0.4, 0.5) is 0 Å². The number of nitrogens with zero attached hydrogens (tertiary/aromatic N) is 2. The molecule has 0 atom stereocenters. The van der Waals surface area contributed by atoms with Gasteiger partial charge in [0.05, 0.1) is 5.75 Å². The molecule has 1 aliphatic heterocycles. The van der Waals surface area contributed by atoms with Gasteiger partial charge in [-0.2, -0.15) is 0 Å². The van der Waals surface area contributed by atoms with Gasteiger partial charge in [0, 0.05) is 48.9 Å². The highest BCUT2D eigenvalue weighted by atomic mass is 35.5. The van der Waals surface area contributed by atoms with Gasteiger partial charge >= 0.3 is 0 Å². The molecule has 2 rings (SSSR count). The molecule has 134 valence electrons. The maximum absolute atomic E-state index is 11.7. The summed E-state index contributed by atoms with van der Waals surface area (Å²) < 4.78 is 25.0. The van der Waals surface area contributed by atoms with Gasteiger partial charge in [-0.15, -0.1) is 11.8 Å². The molecule has 0 saturated carbocycles. The van der Waals surface area contributed by atoms with Crippen LogP contribution in [-0.4, -0.2) is 63.4 Å². The number of hydrogen-bond donors (Lipinski definition) is 2. The highest BCUT2D eigenvalue weighted by Crippen LogP contribution is 2.19. The average molecular weight is 391 g/mol. The Bertz CT molecular complexity index is 650. The van der Waals surface area contributed by atoms with Gasteiger partial charge in [0.25, 0.3) is 0 Å². The first-order valence-electron chi connectivity index (χ1n) is 7.82. The summed E-state index contributed by atoms with van der Waals surface area (Å²) in [5, 5.41) is 7.11. The van der Waals surface area contributed by atoms with E-state index in [2.05, 4.69) is 15.6 Å². The first-order valence-corrected chi connectivity index (χ1v) is 10.8. The van der Waals surface area contributed by atoms with Crippen LogP contribution in [0, 0.1) is 0 Å². The second kappa shape index (κ2) is 9.50. The van der Waals surface area contributed by atoms with Crippen molar-refractivity contribution in [2.24, 2.45) is 4.99 Å². The van der Waals surface area contributed by atoms with E-state index in [1.165, 1.54) is 9.20 Å². The number of benzene rings is 1. The normalized spacial score (nSPS) is 17.8. The second-order valence-corrected chi connectivity index (χ2v) is 8.99. The fourth-order valence-electron chi connectivity index (χ4n) is 2.33. The minimum absolute atomic E-state index is 0.266. The van der Waals surface area contributed by atoms with Gasteiger partial charge in [0.15, 0.2) is 5.96 Å². The fraction of sp³-hybridized carbons (Fsp3) is 0.533. The van der Waals surface area contributed by atoms with E-state index in [1.807, 2.05) is 24.3 Å². The van der Waals surface area contributed by atoms with Crippen molar-refractivity contribution in [3.05, 3.63) is 29.3 Å². The highest BCUT2D eigenvalue weighted by Gasteiger charge is 2.27. The van der Waals surface area contributed by atoms with E-state index in [0.29, 0.717) is 25.6 Å². The minimum Gasteiger partial charge on any atom is -0.356 e. The summed E-state index contributed by atoms with van der Waals surface area (Å²) in [6, 6.07) is 7.75. The van der Waals surface area contributed by atoms with E-state index in [4.69, 9.17) is 11.6 Å². The molecule has 1 aromatic carbocycles. The van der Waals surface area contributed by atoms with E-state index >= 15 is 0 Å². The SMILES string of the molecule is CN=C(NCCSc1ccc(Cl)cc1)NCCN1CCCS1(=O)=O. The van der Waals surface area contributed by atoms with Crippen molar-refractivity contribution in [3.63, 3.8) is 0 Å². The molecule has 1 saturated heterocycles. The lowest BCUT2D eigenvalue weighted by atomic mass is 10.4. The molecule has 0 aliphatic carbocycles. The maximum Gasteiger partial charge on any atom is 0.214 e. The summed E-state index contributed by atoms with van der Waals surface area (Å²) in [6.07, 6.45) is 0.719. The summed E-state index contributed by atoms with van der Waals surface area (Å²) in [5.41, 5.74) is 0. The van der Waals surface area contributed by atoms with Gasteiger partial charge in [-0.05, 0) is 30.7 Å².